The zero-order valence-corrected chi connectivity index (χ0v) is 18.4. The summed E-state index contributed by atoms with van der Waals surface area (Å²) in [6.45, 7) is 7.42. The van der Waals surface area contributed by atoms with E-state index in [1.54, 1.807) is 0 Å². The number of halogens is 1. The van der Waals surface area contributed by atoms with Crippen molar-refractivity contribution in [3.63, 3.8) is 0 Å². The van der Waals surface area contributed by atoms with Crippen molar-refractivity contribution in [2.75, 3.05) is 36.4 Å². The largest absolute Gasteiger partial charge is 0.341 e. The molecule has 0 saturated carbocycles. The molecule has 2 saturated heterocycles. The predicted octanol–water partition coefficient (Wildman–Crippen LogP) is 4.60. The number of hydrogen-bond donors (Lipinski definition) is 1. The highest BCUT2D eigenvalue weighted by molar-refractivity contribution is 6.34. The molecule has 160 valence electrons. The zero-order valence-electron chi connectivity index (χ0n) is 17.6. The average Bonchev–Trinajstić information content (AvgIpc) is 2.76. The average molecular weight is 428 g/mol. The third-order valence-corrected chi connectivity index (χ3v) is 6.22. The third-order valence-electron chi connectivity index (χ3n) is 5.94. The number of carbonyl (C=O) groups is 1. The van der Waals surface area contributed by atoms with Crippen LogP contribution in [0.25, 0.3) is 0 Å². The van der Waals surface area contributed by atoms with Crippen molar-refractivity contribution in [1.29, 1.82) is 0 Å². The quantitative estimate of drug-likeness (QED) is 0.755. The van der Waals surface area contributed by atoms with Gasteiger partial charge in [-0.3, -0.25) is 9.69 Å². The maximum Gasteiger partial charge on any atom is 0.276 e. The van der Waals surface area contributed by atoms with Gasteiger partial charge in [-0.1, -0.05) is 30.7 Å². The molecule has 7 heteroatoms. The number of piperidine rings is 2. The van der Waals surface area contributed by atoms with Gasteiger partial charge in [-0.2, -0.15) is 0 Å². The van der Waals surface area contributed by atoms with Gasteiger partial charge in [0.1, 0.15) is 0 Å². The van der Waals surface area contributed by atoms with Gasteiger partial charge in [0.15, 0.2) is 5.69 Å². The minimum atomic E-state index is -0.307. The van der Waals surface area contributed by atoms with Crippen molar-refractivity contribution in [2.24, 2.45) is 5.92 Å². The molecule has 1 N–H and O–H groups in total. The molecule has 1 amide bonds. The topological polar surface area (TPSA) is 61.4 Å². The van der Waals surface area contributed by atoms with Gasteiger partial charge >= 0.3 is 0 Å². The molecule has 2 aromatic rings. The second-order valence-electron chi connectivity index (χ2n) is 8.55. The Morgan fingerprint density at radius 3 is 2.63 bits per heavy atom. The lowest BCUT2D eigenvalue weighted by molar-refractivity contribution is 0.102. The molecule has 0 unspecified atom stereocenters. The number of benzene rings is 1. The van der Waals surface area contributed by atoms with Crippen LogP contribution < -0.4 is 10.2 Å². The maximum atomic E-state index is 12.8. The fourth-order valence-electron chi connectivity index (χ4n) is 4.34. The normalized spacial score (nSPS) is 20.2. The van der Waals surface area contributed by atoms with E-state index < -0.39 is 0 Å². The fourth-order valence-corrected chi connectivity index (χ4v) is 4.51. The Kier molecular flexibility index (Phi) is 6.85. The number of hydrogen-bond acceptors (Lipinski definition) is 5. The molecule has 0 radical (unpaired) electrons. The summed E-state index contributed by atoms with van der Waals surface area (Å²) in [4.78, 5) is 26.2. The first-order valence-corrected chi connectivity index (χ1v) is 11.4. The summed E-state index contributed by atoms with van der Waals surface area (Å²) < 4.78 is 0. The lowest BCUT2D eigenvalue weighted by atomic mass is 10.00. The van der Waals surface area contributed by atoms with Crippen molar-refractivity contribution >= 4 is 29.1 Å². The van der Waals surface area contributed by atoms with E-state index in [0.717, 1.165) is 57.2 Å². The van der Waals surface area contributed by atoms with Crippen LogP contribution in [0.15, 0.2) is 30.5 Å². The van der Waals surface area contributed by atoms with Gasteiger partial charge in [0.2, 0.25) is 5.95 Å². The zero-order chi connectivity index (χ0) is 20.9. The number of aromatic nitrogens is 2. The van der Waals surface area contributed by atoms with Crippen molar-refractivity contribution in [3.05, 3.63) is 46.7 Å². The first kappa shape index (κ1) is 21.1. The molecule has 6 nitrogen and oxygen atoms in total. The van der Waals surface area contributed by atoms with Crippen molar-refractivity contribution in [3.8, 4) is 0 Å². The number of nitrogens with one attached hydrogen (secondary N) is 1. The molecule has 2 aliphatic rings. The highest BCUT2D eigenvalue weighted by Gasteiger charge is 2.19. The van der Waals surface area contributed by atoms with Gasteiger partial charge in [0, 0.05) is 31.9 Å². The maximum absolute atomic E-state index is 12.8. The minimum absolute atomic E-state index is 0.221. The third kappa shape index (κ3) is 5.29. The Hall–Kier alpha value is -2.18. The van der Waals surface area contributed by atoms with E-state index in [1.807, 2.05) is 12.1 Å². The number of rotatable bonds is 5. The van der Waals surface area contributed by atoms with Crippen LogP contribution in [0.4, 0.5) is 11.6 Å². The number of anilines is 2. The first-order chi connectivity index (χ1) is 14.6. The second kappa shape index (κ2) is 9.75. The highest BCUT2D eigenvalue weighted by atomic mass is 35.5. The van der Waals surface area contributed by atoms with Gasteiger partial charge in [-0.15, -0.1) is 0 Å². The summed E-state index contributed by atoms with van der Waals surface area (Å²) in [5.74, 6) is 1.04. The van der Waals surface area contributed by atoms with E-state index in [2.05, 4.69) is 44.1 Å². The van der Waals surface area contributed by atoms with Crippen molar-refractivity contribution in [2.45, 2.75) is 45.6 Å². The van der Waals surface area contributed by atoms with E-state index in [-0.39, 0.29) is 16.6 Å². The summed E-state index contributed by atoms with van der Waals surface area (Å²) in [5.41, 5.74) is 2.22. The molecular formula is C23H30ClN5O. The van der Waals surface area contributed by atoms with Crippen LogP contribution in [0.1, 0.15) is 55.1 Å². The molecular weight excluding hydrogens is 398 g/mol. The number of likely N-dealkylation sites (tertiary alicyclic amines) is 1. The molecule has 30 heavy (non-hydrogen) atoms. The summed E-state index contributed by atoms with van der Waals surface area (Å²) in [7, 11) is 0. The summed E-state index contributed by atoms with van der Waals surface area (Å²) >= 11 is 6.23. The van der Waals surface area contributed by atoms with E-state index >= 15 is 0 Å². The number of carbonyl (C=O) groups excluding carboxylic acids is 1. The highest BCUT2D eigenvalue weighted by Crippen LogP contribution is 2.22. The predicted molar refractivity (Wildman–Crippen MR) is 121 cm³/mol. The van der Waals surface area contributed by atoms with Crippen LogP contribution in [0.2, 0.25) is 5.02 Å². The van der Waals surface area contributed by atoms with Crippen LogP contribution in [0, 0.1) is 5.92 Å². The molecule has 1 aromatic heterocycles. The lowest BCUT2D eigenvalue weighted by Crippen LogP contribution is -2.33. The fraction of sp³-hybridized carbons (Fsp3) is 0.522. The van der Waals surface area contributed by atoms with Gasteiger partial charge < -0.3 is 10.2 Å². The molecule has 3 heterocycles. The molecule has 2 fully saturated rings. The van der Waals surface area contributed by atoms with Gasteiger partial charge in [-0.05, 0) is 62.3 Å². The lowest BCUT2D eigenvalue weighted by Gasteiger charge is -2.30. The van der Waals surface area contributed by atoms with Crippen LogP contribution in [0.3, 0.4) is 0 Å². The van der Waals surface area contributed by atoms with Crippen LogP contribution >= 0.6 is 11.6 Å². The second-order valence-corrected chi connectivity index (χ2v) is 8.96. The van der Waals surface area contributed by atoms with Crippen molar-refractivity contribution < 1.29 is 4.79 Å². The Labute approximate surface area is 183 Å². The Morgan fingerprint density at radius 1 is 1.13 bits per heavy atom. The first-order valence-electron chi connectivity index (χ1n) is 11.0. The van der Waals surface area contributed by atoms with Crippen LogP contribution in [0.5, 0.6) is 0 Å². The molecule has 4 rings (SSSR count). The Morgan fingerprint density at radius 2 is 1.90 bits per heavy atom. The number of nitrogens with zero attached hydrogens (tertiary/aromatic N) is 4. The van der Waals surface area contributed by atoms with E-state index in [4.69, 9.17) is 11.6 Å². The number of amides is 1. The Bertz CT molecular complexity index is 866. The van der Waals surface area contributed by atoms with Crippen molar-refractivity contribution in [1.82, 2.24) is 14.9 Å². The standard InChI is InChI=1S/C23H30ClN5O/c1-17-6-5-11-28(15-17)16-18-7-9-19(10-8-18)26-22(30)21-20(24)14-25-23(27-21)29-12-3-2-4-13-29/h7-10,14,17H,2-6,11-13,15-16H2,1H3,(H,26,30)/t17-/m0/s1. The Balaban J connectivity index is 1.39. The van der Waals surface area contributed by atoms with E-state index in [0.29, 0.717) is 5.95 Å². The molecule has 1 atom stereocenters. The van der Waals surface area contributed by atoms with E-state index in [9.17, 15) is 4.79 Å². The monoisotopic (exact) mass is 427 g/mol. The van der Waals surface area contributed by atoms with Crippen LogP contribution in [-0.2, 0) is 6.54 Å². The molecule has 2 aliphatic heterocycles. The smallest absolute Gasteiger partial charge is 0.276 e. The van der Waals surface area contributed by atoms with Gasteiger partial charge in [-0.25, -0.2) is 9.97 Å². The summed E-state index contributed by atoms with van der Waals surface area (Å²) in [6.07, 6.45) is 7.59. The molecule has 0 spiro atoms. The van der Waals surface area contributed by atoms with Gasteiger partial charge in [0.05, 0.1) is 11.2 Å². The summed E-state index contributed by atoms with van der Waals surface area (Å²) in [6, 6.07) is 8.05. The minimum Gasteiger partial charge on any atom is -0.341 e. The van der Waals surface area contributed by atoms with Gasteiger partial charge in [0.25, 0.3) is 5.91 Å². The van der Waals surface area contributed by atoms with Crippen LogP contribution in [-0.4, -0.2) is 47.0 Å². The molecule has 0 aliphatic carbocycles. The molecule has 1 aromatic carbocycles. The summed E-state index contributed by atoms with van der Waals surface area (Å²) in [5, 5.41) is 3.19. The van der Waals surface area contributed by atoms with E-state index in [1.165, 1.54) is 31.0 Å². The SMILES string of the molecule is C[C@H]1CCCN(Cc2ccc(NC(=O)c3nc(N4CCCCC4)ncc3Cl)cc2)C1. The molecule has 0 bridgehead atoms.